The van der Waals surface area contributed by atoms with Crippen LogP contribution in [-0.2, 0) is 6.42 Å². The standard InChI is InChI=1S/C9H7FN2O2/c10-9-2-1-7(3-4-12(13)14)5-8(9)6-11/h1-2,5H,3-4H2. The molecule has 0 radical (unpaired) electrons. The zero-order chi connectivity index (χ0) is 10.6. The number of benzene rings is 1. The molecule has 0 aliphatic rings. The molecule has 0 fully saturated rings. The van der Waals surface area contributed by atoms with Crippen LogP contribution in [0.15, 0.2) is 18.2 Å². The van der Waals surface area contributed by atoms with Crippen LogP contribution in [0.5, 0.6) is 0 Å². The number of nitrogens with zero attached hydrogens (tertiary/aromatic N) is 2. The van der Waals surface area contributed by atoms with E-state index in [4.69, 9.17) is 5.26 Å². The second-order valence-electron chi connectivity index (χ2n) is 2.73. The van der Waals surface area contributed by atoms with Crippen LogP contribution in [0.3, 0.4) is 0 Å². The van der Waals surface area contributed by atoms with Crippen LogP contribution in [0.25, 0.3) is 0 Å². The van der Waals surface area contributed by atoms with Gasteiger partial charge in [0.05, 0.1) is 5.56 Å². The molecule has 0 saturated carbocycles. The van der Waals surface area contributed by atoms with Gasteiger partial charge in [0, 0.05) is 11.3 Å². The fourth-order valence-electron chi connectivity index (χ4n) is 1.03. The summed E-state index contributed by atoms with van der Waals surface area (Å²) in [7, 11) is 0. The van der Waals surface area contributed by atoms with Gasteiger partial charge in [0.1, 0.15) is 11.9 Å². The minimum absolute atomic E-state index is 0.0779. The molecule has 0 amide bonds. The monoisotopic (exact) mass is 194 g/mol. The van der Waals surface area contributed by atoms with Crippen LogP contribution in [0.4, 0.5) is 4.39 Å². The molecule has 1 aromatic rings. The maximum Gasteiger partial charge on any atom is 0.207 e. The number of hydrogen-bond acceptors (Lipinski definition) is 3. The first kappa shape index (κ1) is 10.1. The average Bonchev–Trinajstić information content (AvgIpc) is 2.16. The third kappa shape index (κ3) is 2.52. The number of nitriles is 1. The molecule has 0 N–H and O–H groups in total. The Morgan fingerprint density at radius 3 is 2.86 bits per heavy atom. The summed E-state index contributed by atoms with van der Waals surface area (Å²) in [6, 6.07) is 5.60. The summed E-state index contributed by atoms with van der Waals surface area (Å²) in [6.45, 7) is -0.212. The average molecular weight is 194 g/mol. The Kier molecular flexibility index (Phi) is 3.13. The van der Waals surface area contributed by atoms with Gasteiger partial charge in [0.2, 0.25) is 6.54 Å². The van der Waals surface area contributed by atoms with Gasteiger partial charge >= 0.3 is 0 Å². The predicted octanol–water partition coefficient (Wildman–Crippen LogP) is 1.52. The molecule has 4 nitrogen and oxygen atoms in total. The topological polar surface area (TPSA) is 66.9 Å². The Morgan fingerprint density at radius 2 is 2.29 bits per heavy atom. The lowest BCUT2D eigenvalue weighted by atomic mass is 10.1. The molecule has 0 unspecified atom stereocenters. The smallest absolute Gasteiger partial charge is 0.207 e. The Hall–Kier alpha value is -1.96. The van der Waals surface area contributed by atoms with Gasteiger partial charge in [-0.05, 0) is 17.7 Å². The van der Waals surface area contributed by atoms with Crippen molar-refractivity contribution in [3.63, 3.8) is 0 Å². The third-order valence-corrected chi connectivity index (χ3v) is 1.73. The van der Waals surface area contributed by atoms with E-state index >= 15 is 0 Å². The first-order chi connectivity index (χ1) is 6.63. The molecular formula is C9H7FN2O2. The highest BCUT2D eigenvalue weighted by molar-refractivity contribution is 5.34. The SMILES string of the molecule is N#Cc1cc(CC[N+](=O)[O-])ccc1F. The van der Waals surface area contributed by atoms with Gasteiger partial charge in [-0.2, -0.15) is 5.26 Å². The van der Waals surface area contributed by atoms with Gasteiger partial charge in [-0.15, -0.1) is 0 Å². The van der Waals surface area contributed by atoms with Crippen molar-refractivity contribution >= 4 is 0 Å². The summed E-state index contributed by atoms with van der Waals surface area (Å²) in [5.41, 5.74) is 0.519. The van der Waals surface area contributed by atoms with E-state index in [-0.39, 0.29) is 18.5 Å². The van der Waals surface area contributed by atoms with E-state index in [1.807, 2.05) is 0 Å². The second-order valence-corrected chi connectivity index (χ2v) is 2.73. The molecule has 0 bridgehead atoms. The van der Waals surface area contributed by atoms with Crippen molar-refractivity contribution in [3.8, 4) is 6.07 Å². The van der Waals surface area contributed by atoms with Crippen molar-refractivity contribution in [1.29, 1.82) is 5.26 Å². The third-order valence-electron chi connectivity index (χ3n) is 1.73. The molecule has 0 aromatic heterocycles. The Bertz CT molecular complexity index is 398. The zero-order valence-corrected chi connectivity index (χ0v) is 7.24. The lowest BCUT2D eigenvalue weighted by Gasteiger charge is -1.98. The molecule has 0 spiro atoms. The highest BCUT2D eigenvalue weighted by Crippen LogP contribution is 2.09. The zero-order valence-electron chi connectivity index (χ0n) is 7.24. The number of hydrogen-bond donors (Lipinski definition) is 0. The van der Waals surface area contributed by atoms with Crippen molar-refractivity contribution in [2.75, 3.05) is 6.54 Å². The lowest BCUT2D eigenvalue weighted by Crippen LogP contribution is -2.04. The van der Waals surface area contributed by atoms with Crippen LogP contribution in [0.2, 0.25) is 0 Å². The van der Waals surface area contributed by atoms with E-state index in [1.165, 1.54) is 12.1 Å². The predicted molar refractivity (Wildman–Crippen MR) is 46.7 cm³/mol. The van der Waals surface area contributed by atoms with Gasteiger partial charge in [-0.25, -0.2) is 4.39 Å². The molecule has 0 atom stereocenters. The highest BCUT2D eigenvalue weighted by Gasteiger charge is 2.04. The first-order valence-corrected chi connectivity index (χ1v) is 3.94. The summed E-state index contributed by atoms with van der Waals surface area (Å²) in [4.78, 5) is 9.61. The molecule has 14 heavy (non-hydrogen) atoms. The van der Waals surface area contributed by atoms with Crippen LogP contribution < -0.4 is 0 Å². The fraction of sp³-hybridized carbons (Fsp3) is 0.222. The maximum atomic E-state index is 12.8. The minimum Gasteiger partial charge on any atom is -0.265 e. The summed E-state index contributed by atoms with van der Waals surface area (Å²) in [5.74, 6) is -0.600. The van der Waals surface area contributed by atoms with Crippen molar-refractivity contribution in [1.82, 2.24) is 0 Å². The van der Waals surface area contributed by atoms with E-state index in [0.717, 1.165) is 6.07 Å². The van der Waals surface area contributed by atoms with Gasteiger partial charge in [-0.1, -0.05) is 6.07 Å². The summed E-state index contributed by atoms with van der Waals surface area (Å²) < 4.78 is 12.8. The molecule has 0 heterocycles. The quantitative estimate of drug-likeness (QED) is 0.541. The van der Waals surface area contributed by atoms with E-state index in [0.29, 0.717) is 5.56 Å². The Labute approximate surface area is 79.7 Å². The summed E-state index contributed by atoms with van der Waals surface area (Å²) >= 11 is 0. The van der Waals surface area contributed by atoms with Crippen LogP contribution in [0.1, 0.15) is 11.1 Å². The van der Waals surface area contributed by atoms with E-state index in [9.17, 15) is 14.5 Å². The van der Waals surface area contributed by atoms with Crippen LogP contribution in [-0.4, -0.2) is 11.5 Å². The van der Waals surface area contributed by atoms with Gasteiger partial charge < -0.3 is 0 Å². The Morgan fingerprint density at radius 1 is 1.57 bits per heavy atom. The Balaban J connectivity index is 2.80. The number of nitro groups is 1. The summed E-state index contributed by atoms with van der Waals surface area (Å²) in [6.07, 6.45) is 0.210. The highest BCUT2D eigenvalue weighted by atomic mass is 19.1. The van der Waals surface area contributed by atoms with E-state index in [2.05, 4.69) is 0 Å². The molecule has 0 saturated heterocycles. The van der Waals surface area contributed by atoms with Gasteiger partial charge in [0.25, 0.3) is 0 Å². The molecule has 0 aliphatic carbocycles. The largest absolute Gasteiger partial charge is 0.265 e. The molecule has 5 heteroatoms. The number of halogens is 1. The first-order valence-electron chi connectivity index (χ1n) is 3.94. The molecule has 0 aliphatic heterocycles. The molecule has 1 aromatic carbocycles. The van der Waals surface area contributed by atoms with Crippen molar-refractivity contribution in [3.05, 3.63) is 45.3 Å². The van der Waals surface area contributed by atoms with E-state index < -0.39 is 10.7 Å². The minimum atomic E-state index is -0.600. The van der Waals surface area contributed by atoms with Gasteiger partial charge in [-0.3, -0.25) is 10.1 Å². The second kappa shape index (κ2) is 4.33. The van der Waals surface area contributed by atoms with Crippen molar-refractivity contribution in [2.45, 2.75) is 6.42 Å². The normalized spacial score (nSPS) is 9.43. The number of rotatable bonds is 3. The molecule has 1 rings (SSSR count). The van der Waals surface area contributed by atoms with Crippen molar-refractivity contribution in [2.24, 2.45) is 0 Å². The van der Waals surface area contributed by atoms with Crippen LogP contribution >= 0.6 is 0 Å². The van der Waals surface area contributed by atoms with Gasteiger partial charge in [0.15, 0.2) is 0 Å². The fourth-order valence-corrected chi connectivity index (χ4v) is 1.03. The maximum absolute atomic E-state index is 12.8. The van der Waals surface area contributed by atoms with Crippen molar-refractivity contribution < 1.29 is 9.31 Å². The molecular weight excluding hydrogens is 187 g/mol. The molecule has 72 valence electrons. The van der Waals surface area contributed by atoms with Crippen LogP contribution in [0, 0.1) is 27.3 Å². The lowest BCUT2D eigenvalue weighted by molar-refractivity contribution is -0.479. The van der Waals surface area contributed by atoms with E-state index in [1.54, 1.807) is 6.07 Å². The summed E-state index contributed by atoms with van der Waals surface area (Å²) in [5, 5.41) is 18.6.